The van der Waals surface area contributed by atoms with Crippen LogP contribution in [0.5, 0.6) is 11.5 Å². The van der Waals surface area contributed by atoms with Crippen molar-refractivity contribution < 1.29 is 9.47 Å². The van der Waals surface area contributed by atoms with Gasteiger partial charge in [0.2, 0.25) is 0 Å². The molecule has 0 aromatic heterocycles. The SMILES string of the molecule is CCNCc1cc(OC)c(OCc2ccc(C)cc2)cc1Cl. The van der Waals surface area contributed by atoms with Crippen molar-refractivity contribution in [2.75, 3.05) is 13.7 Å². The number of nitrogens with one attached hydrogen (secondary N) is 1. The summed E-state index contributed by atoms with van der Waals surface area (Å²) in [5.74, 6) is 1.36. The van der Waals surface area contributed by atoms with Gasteiger partial charge in [-0.15, -0.1) is 0 Å². The highest BCUT2D eigenvalue weighted by Gasteiger charge is 2.10. The van der Waals surface area contributed by atoms with Gasteiger partial charge in [-0.05, 0) is 30.7 Å². The Morgan fingerprint density at radius 2 is 1.82 bits per heavy atom. The molecule has 2 aromatic rings. The fourth-order valence-electron chi connectivity index (χ4n) is 2.09. The zero-order valence-electron chi connectivity index (χ0n) is 13.3. The number of benzene rings is 2. The van der Waals surface area contributed by atoms with Gasteiger partial charge in [0.25, 0.3) is 0 Å². The van der Waals surface area contributed by atoms with Crippen molar-refractivity contribution in [2.24, 2.45) is 0 Å². The van der Waals surface area contributed by atoms with Crippen molar-refractivity contribution in [1.29, 1.82) is 0 Å². The van der Waals surface area contributed by atoms with E-state index >= 15 is 0 Å². The Labute approximate surface area is 137 Å². The van der Waals surface area contributed by atoms with E-state index in [0.717, 1.165) is 17.7 Å². The van der Waals surface area contributed by atoms with Crippen molar-refractivity contribution in [3.63, 3.8) is 0 Å². The van der Waals surface area contributed by atoms with Gasteiger partial charge in [-0.25, -0.2) is 0 Å². The van der Waals surface area contributed by atoms with Gasteiger partial charge in [0, 0.05) is 17.6 Å². The van der Waals surface area contributed by atoms with Gasteiger partial charge in [-0.1, -0.05) is 48.4 Å². The van der Waals surface area contributed by atoms with E-state index in [0.29, 0.717) is 29.7 Å². The first-order valence-corrected chi connectivity index (χ1v) is 7.77. The highest BCUT2D eigenvalue weighted by Crippen LogP contribution is 2.33. The summed E-state index contributed by atoms with van der Waals surface area (Å²) in [4.78, 5) is 0. The van der Waals surface area contributed by atoms with E-state index in [-0.39, 0.29) is 0 Å². The first-order valence-electron chi connectivity index (χ1n) is 7.39. The third-order valence-electron chi connectivity index (χ3n) is 3.41. The van der Waals surface area contributed by atoms with Crippen LogP contribution in [0.25, 0.3) is 0 Å². The zero-order valence-corrected chi connectivity index (χ0v) is 14.0. The molecule has 118 valence electrons. The maximum absolute atomic E-state index is 6.32. The van der Waals surface area contributed by atoms with Crippen LogP contribution < -0.4 is 14.8 Å². The lowest BCUT2D eigenvalue weighted by atomic mass is 10.1. The molecule has 0 atom stereocenters. The number of hydrogen-bond acceptors (Lipinski definition) is 3. The Morgan fingerprint density at radius 3 is 2.45 bits per heavy atom. The maximum atomic E-state index is 6.32. The van der Waals surface area contributed by atoms with Gasteiger partial charge in [-0.3, -0.25) is 0 Å². The van der Waals surface area contributed by atoms with Crippen LogP contribution in [0.2, 0.25) is 5.02 Å². The summed E-state index contributed by atoms with van der Waals surface area (Å²) in [5, 5.41) is 3.94. The van der Waals surface area contributed by atoms with E-state index in [9.17, 15) is 0 Å². The lowest BCUT2D eigenvalue weighted by molar-refractivity contribution is 0.284. The predicted molar refractivity (Wildman–Crippen MR) is 90.9 cm³/mol. The molecule has 2 aromatic carbocycles. The number of ether oxygens (including phenoxy) is 2. The number of hydrogen-bond donors (Lipinski definition) is 1. The summed E-state index contributed by atoms with van der Waals surface area (Å²) in [5.41, 5.74) is 3.35. The molecule has 0 radical (unpaired) electrons. The van der Waals surface area contributed by atoms with Crippen LogP contribution in [0.15, 0.2) is 36.4 Å². The summed E-state index contributed by atoms with van der Waals surface area (Å²) < 4.78 is 11.3. The van der Waals surface area contributed by atoms with E-state index < -0.39 is 0 Å². The fourth-order valence-corrected chi connectivity index (χ4v) is 2.31. The topological polar surface area (TPSA) is 30.5 Å². The number of methoxy groups -OCH3 is 1. The van der Waals surface area contributed by atoms with E-state index in [1.54, 1.807) is 7.11 Å². The molecule has 3 nitrogen and oxygen atoms in total. The second-order valence-electron chi connectivity index (χ2n) is 5.15. The van der Waals surface area contributed by atoms with Gasteiger partial charge in [0.05, 0.1) is 7.11 Å². The Kier molecular flexibility index (Phi) is 6.10. The van der Waals surface area contributed by atoms with Gasteiger partial charge < -0.3 is 14.8 Å². The van der Waals surface area contributed by atoms with Crippen LogP contribution in [-0.4, -0.2) is 13.7 Å². The first-order chi connectivity index (χ1) is 10.6. The molecule has 4 heteroatoms. The molecular formula is C18H22ClNO2. The van der Waals surface area contributed by atoms with Crippen molar-refractivity contribution in [2.45, 2.75) is 27.0 Å². The molecule has 22 heavy (non-hydrogen) atoms. The van der Waals surface area contributed by atoms with Crippen molar-refractivity contribution >= 4 is 11.6 Å². The average Bonchev–Trinajstić information content (AvgIpc) is 2.53. The molecule has 0 aliphatic carbocycles. The Hall–Kier alpha value is -1.71. The van der Waals surface area contributed by atoms with Crippen LogP contribution in [0.1, 0.15) is 23.6 Å². The molecule has 0 unspecified atom stereocenters. The van der Waals surface area contributed by atoms with Gasteiger partial charge in [0.1, 0.15) is 6.61 Å². The normalized spacial score (nSPS) is 10.5. The molecule has 0 heterocycles. The lowest BCUT2D eigenvalue weighted by Crippen LogP contribution is -2.12. The largest absolute Gasteiger partial charge is 0.493 e. The molecule has 0 saturated carbocycles. The highest BCUT2D eigenvalue weighted by atomic mass is 35.5. The number of aryl methyl sites for hydroxylation is 1. The van der Waals surface area contributed by atoms with Gasteiger partial charge in [-0.2, -0.15) is 0 Å². The summed E-state index contributed by atoms with van der Waals surface area (Å²) >= 11 is 6.32. The van der Waals surface area contributed by atoms with Gasteiger partial charge in [0.15, 0.2) is 11.5 Å². The molecular weight excluding hydrogens is 298 g/mol. The molecule has 0 saturated heterocycles. The lowest BCUT2D eigenvalue weighted by Gasteiger charge is -2.14. The van der Waals surface area contributed by atoms with Crippen molar-refractivity contribution in [3.05, 3.63) is 58.1 Å². The van der Waals surface area contributed by atoms with E-state index in [2.05, 4.69) is 43.4 Å². The first kappa shape index (κ1) is 16.7. The quantitative estimate of drug-likeness (QED) is 0.823. The molecule has 0 bridgehead atoms. The third kappa shape index (κ3) is 4.39. The molecule has 0 aliphatic rings. The monoisotopic (exact) mass is 319 g/mol. The number of halogens is 1. The number of rotatable bonds is 7. The zero-order chi connectivity index (χ0) is 15.9. The predicted octanol–water partition coefficient (Wildman–Crippen LogP) is 4.35. The molecule has 0 fully saturated rings. The molecule has 0 spiro atoms. The summed E-state index contributed by atoms with van der Waals surface area (Å²) in [6.45, 7) is 6.22. The van der Waals surface area contributed by atoms with E-state index in [1.165, 1.54) is 5.56 Å². The van der Waals surface area contributed by atoms with E-state index in [1.807, 2.05) is 12.1 Å². The van der Waals surface area contributed by atoms with Crippen molar-refractivity contribution in [3.8, 4) is 11.5 Å². The molecule has 0 amide bonds. The van der Waals surface area contributed by atoms with E-state index in [4.69, 9.17) is 21.1 Å². The smallest absolute Gasteiger partial charge is 0.163 e. The molecule has 0 aliphatic heterocycles. The summed E-state index contributed by atoms with van der Waals surface area (Å²) in [6.07, 6.45) is 0. The average molecular weight is 320 g/mol. The van der Waals surface area contributed by atoms with Crippen LogP contribution in [0, 0.1) is 6.92 Å². The summed E-state index contributed by atoms with van der Waals surface area (Å²) in [7, 11) is 1.64. The Morgan fingerprint density at radius 1 is 1.09 bits per heavy atom. The van der Waals surface area contributed by atoms with Crippen LogP contribution in [0.3, 0.4) is 0 Å². The maximum Gasteiger partial charge on any atom is 0.163 e. The molecule has 2 rings (SSSR count). The Bertz CT molecular complexity index is 611. The van der Waals surface area contributed by atoms with Gasteiger partial charge >= 0.3 is 0 Å². The minimum atomic E-state index is 0.486. The van der Waals surface area contributed by atoms with Crippen molar-refractivity contribution in [1.82, 2.24) is 5.32 Å². The third-order valence-corrected chi connectivity index (χ3v) is 3.76. The van der Waals surface area contributed by atoms with Crippen LogP contribution in [0.4, 0.5) is 0 Å². The Balaban J connectivity index is 2.12. The second-order valence-corrected chi connectivity index (χ2v) is 5.56. The minimum absolute atomic E-state index is 0.486. The fraction of sp³-hybridized carbons (Fsp3) is 0.333. The standard InChI is InChI=1S/C18H22ClNO2/c1-4-20-11-15-9-17(21-3)18(10-16(15)19)22-12-14-7-5-13(2)6-8-14/h5-10,20H,4,11-12H2,1-3H3. The minimum Gasteiger partial charge on any atom is -0.493 e. The van der Waals surface area contributed by atoms with Crippen LogP contribution in [-0.2, 0) is 13.2 Å². The molecule has 1 N–H and O–H groups in total. The van der Waals surface area contributed by atoms with Crippen LogP contribution >= 0.6 is 11.6 Å². The summed E-state index contributed by atoms with van der Waals surface area (Å²) in [6, 6.07) is 12.0. The highest BCUT2D eigenvalue weighted by molar-refractivity contribution is 6.31. The second kappa shape index (κ2) is 8.06.